The molecular weight excluding hydrogens is 387 g/mol. The number of hydrogen-bond acceptors (Lipinski definition) is 6. The molecule has 0 heterocycles. The van der Waals surface area contributed by atoms with Crippen molar-refractivity contribution < 1.29 is 37.9 Å². The van der Waals surface area contributed by atoms with Gasteiger partial charge in [-0.25, -0.2) is 4.57 Å². The van der Waals surface area contributed by atoms with Crippen LogP contribution in [-0.4, -0.2) is 41.0 Å². The fourth-order valence-electron chi connectivity index (χ4n) is 2.52. The van der Waals surface area contributed by atoms with E-state index in [4.69, 9.17) is 19.3 Å². The molecule has 0 rings (SSSR count). The summed E-state index contributed by atoms with van der Waals surface area (Å²) in [6, 6.07) is 0. The summed E-state index contributed by atoms with van der Waals surface area (Å²) < 4.78 is 25.4. The zero-order valence-electron chi connectivity index (χ0n) is 17.3. The topological polar surface area (TPSA) is 119 Å². The number of carbonyl (C=O) groups is 2. The van der Waals surface area contributed by atoms with Crippen molar-refractivity contribution in [3.05, 3.63) is 0 Å². The van der Waals surface area contributed by atoms with Crippen LogP contribution in [0.4, 0.5) is 0 Å². The van der Waals surface area contributed by atoms with E-state index in [1.807, 2.05) is 6.92 Å². The van der Waals surface area contributed by atoms with E-state index in [9.17, 15) is 14.2 Å². The summed E-state index contributed by atoms with van der Waals surface area (Å²) in [5.41, 5.74) is 0. The van der Waals surface area contributed by atoms with Crippen molar-refractivity contribution in [3.8, 4) is 0 Å². The number of hydrogen-bond donors (Lipinski definition) is 2. The molecule has 0 aliphatic carbocycles. The molecule has 0 saturated heterocycles. The van der Waals surface area contributed by atoms with Crippen molar-refractivity contribution in [2.75, 3.05) is 13.2 Å². The third kappa shape index (κ3) is 18.4. The molecule has 0 amide bonds. The second kappa shape index (κ2) is 17.0. The second-order valence-electron chi connectivity index (χ2n) is 6.91. The van der Waals surface area contributed by atoms with E-state index < -0.39 is 32.5 Å². The molecule has 0 unspecified atom stereocenters. The van der Waals surface area contributed by atoms with Gasteiger partial charge in [-0.2, -0.15) is 0 Å². The van der Waals surface area contributed by atoms with Gasteiger partial charge in [0.1, 0.15) is 6.61 Å². The lowest BCUT2D eigenvalue weighted by molar-refractivity contribution is -0.161. The maximum absolute atomic E-state index is 11.8. The molecule has 0 bridgehead atoms. The van der Waals surface area contributed by atoms with Gasteiger partial charge in [-0.1, -0.05) is 65.2 Å². The molecule has 0 aromatic heterocycles. The third-order valence-electron chi connectivity index (χ3n) is 4.13. The fourth-order valence-corrected chi connectivity index (χ4v) is 2.88. The summed E-state index contributed by atoms with van der Waals surface area (Å²) in [6.45, 7) is 3.29. The van der Waals surface area contributed by atoms with E-state index in [2.05, 4.69) is 11.4 Å². The molecule has 1 atom stereocenters. The molecule has 8 nitrogen and oxygen atoms in total. The second-order valence-corrected chi connectivity index (χ2v) is 8.15. The highest BCUT2D eigenvalue weighted by Crippen LogP contribution is 2.35. The lowest BCUT2D eigenvalue weighted by Crippen LogP contribution is -2.29. The Bertz CT molecular complexity index is 463. The van der Waals surface area contributed by atoms with Crippen LogP contribution in [-0.2, 0) is 28.2 Å². The van der Waals surface area contributed by atoms with Crippen LogP contribution in [0, 0.1) is 0 Å². The SMILES string of the molecule is CCCCCCCCCCC(=O)OC[C@H](COP(=O)(O)O)OC(=O)CCCC. The van der Waals surface area contributed by atoms with Gasteiger partial charge in [0.2, 0.25) is 0 Å². The van der Waals surface area contributed by atoms with Gasteiger partial charge in [-0.3, -0.25) is 14.1 Å². The van der Waals surface area contributed by atoms with E-state index in [-0.39, 0.29) is 19.4 Å². The Hall–Kier alpha value is -0.950. The van der Waals surface area contributed by atoms with Crippen molar-refractivity contribution in [3.63, 3.8) is 0 Å². The van der Waals surface area contributed by atoms with Gasteiger partial charge in [0, 0.05) is 12.8 Å². The summed E-state index contributed by atoms with van der Waals surface area (Å²) in [4.78, 5) is 41.1. The summed E-state index contributed by atoms with van der Waals surface area (Å²) in [5, 5.41) is 0. The first kappa shape index (κ1) is 27.0. The number of ether oxygens (including phenoxy) is 2. The maximum Gasteiger partial charge on any atom is 0.469 e. The molecule has 0 radical (unpaired) electrons. The average molecular weight is 424 g/mol. The molecule has 0 fully saturated rings. The van der Waals surface area contributed by atoms with E-state index in [1.54, 1.807) is 0 Å². The van der Waals surface area contributed by atoms with Gasteiger partial charge < -0.3 is 19.3 Å². The fraction of sp³-hybridized carbons (Fsp3) is 0.895. The first-order valence-electron chi connectivity index (χ1n) is 10.3. The summed E-state index contributed by atoms with van der Waals surface area (Å²) in [7, 11) is -4.70. The van der Waals surface area contributed by atoms with Gasteiger partial charge in [-0.15, -0.1) is 0 Å². The molecule has 0 spiro atoms. The van der Waals surface area contributed by atoms with E-state index >= 15 is 0 Å². The first-order valence-corrected chi connectivity index (χ1v) is 11.9. The van der Waals surface area contributed by atoms with Crippen LogP contribution >= 0.6 is 7.82 Å². The number of phosphoric ester groups is 1. The highest BCUT2D eigenvalue weighted by atomic mass is 31.2. The van der Waals surface area contributed by atoms with Crippen LogP contribution in [0.2, 0.25) is 0 Å². The van der Waals surface area contributed by atoms with Gasteiger partial charge in [0.05, 0.1) is 6.61 Å². The standard InChI is InChI=1S/C19H37O8P/c1-3-5-7-8-9-10-11-12-14-18(20)25-15-17(16-26-28(22,23)24)27-19(21)13-6-4-2/h17H,3-16H2,1-2H3,(H2,22,23,24)/t17-/m1/s1. The highest BCUT2D eigenvalue weighted by Gasteiger charge is 2.22. The Morgan fingerprint density at radius 2 is 1.32 bits per heavy atom. The number of carbonyl (C=O) groups excluding carboxylic acids is 2. The van der Waals surface area contributed by atoms with Crippen LogP contribution in [0.25, 0.3) is 0 Å². The molecule has 0 aromatic rings. The summed E-state index contributed by atoms with van der Waals surface area (Å²) in [5.74, 6) is -0.933. The predicted molar refractivity (Wildman–Crippen MR) is 106 cm³/mol. The molecule has 0 aromatic carbocycles. The zero-order valence-corrected chi connectivity index (χ0v) is 18.2. The quantitative estimate of drug-likeness (QED) is 0.190. The Morgan fingerprint density at radius 3 is 1.89 bits per heavy atom. The number of unbranched alkanes of at least 4 members (excludes halogenated alkanes) is 8. The van der Waals surface area contributed by atoms with Crippen LogP contribution < -0.4 is 0 Å². The van der Waals surface area contributed by atoms with Gasteiger partial charge in [-0.05, 0) is 12.8 Å². The molecule has 2 N–H and O–H groups in total. The van der Waals surface area contributed by atoms with Gasteiger partial charge in [0.25, 0.3) is 0 Å². The minimum absolute atomic E-state index is 0.190. The first-order chi connectivity index (χ1) is 13.3. The van der Waals surface area contributed by atoms with Crippen molar-refractivity contribution in [2.45, 2.75) is 97.0 Å². The molecule has 0 saturated carbocycles. The van der Waals surface area contributed by atoms with Gasteiger partial charge >= 0.3 is 19.8 Å². The van der Waals surface area contributed by atoms with E-state index in [0.717, 1.165) is 25.7 Å². The van der Waals surface area contributed by atoms with Crippen LogP contribution in [0.15, 0.2) is 0 Å². The third-order valence-corrected chi connectivity index (χ3v) is 4.61. The monoisotopic (exact) mass is 424 g/mol. The molecular formula is C19H37O8P. The number of rotatable bonds is 18. The Labute approximate surface area is 168 Å². The van der Waals surface area contributed by atoms with Crippen LogP contribution in [0.1, 0.15) is 90.9 Å². The van der Waals surface area contributed by atoms with Crippen molar-refractivity contribution in [2.24, 2.45) is 0 Å². The Kier molecular flexibility index (Phi) is 16.4. The summed E-state index contributed by atoms with van der Waals surface area (Å²) >= 11 is 0. The van der Waals surface area contributed by atoms with Crippen molar-refractivity contribution in [1.82, 2.24) is 0 Å². The Balaban J connectivity index is 4.09. The number of esters is 2. The van der Waals surface area contributed by atoms with Gasteiger partial charge in [0.15, 0.2) is 6.10 Å². The lowest BCUT2D eigenvalue weighted by Gasteiger charge is -2.18. The largest absolute Gasteiger partial charge is 0.469 e. The molecule has 9 heteroatoms. The molecule has 28 heavy (non-hydrogen) atoms. The maximum atomic E-state index is 11.8. The van der Waals surface area contributed by atoms with Crippen LogP contribution in [0.3, 0.4) is 0 Å². The highest BCUT2D eigenvalue weighted by molar-refractivity contribution is 7.46. The van der Waals surface area contributed by atoms with Crippen LogP contribution in [0.5, 0.6) is 0 Å². The zero-order chi connectivity index (χ0) is 21.3. The smallest absolute Gasteiger partial charge is 0.462 e. The normalized spacial score (nSPS) is 12.6. The molecule has 166 valence electrons. The molecule has 0 aliphatic heterocycles. The van der Waals surface area contributed by atoms with Crippen molar-refractivity contribution in [1.29, 1.82) is 0 Å². The van der Waals surface area contributed by atoms with E-state index in [1.165, 1.54) is 32.1 Å². The lowest BCUT2D eigenvalue weighted by atomic mass is 10.1. The van der Waals surface area contributed by atoms with E-state index in [0.29, 0.717) is 6.42 Å². The number of phosphoric acid groups is 1. The minimum Gasteiger partial charge on any atom is -0.462 e. The van der Waals surface area contributed by atoms with Crippen molar-refractivity contribution >= 4 is 19.8 Å². The molecule has 0 aliphatic rings. The Morgan fingerprint density at radius 1 is 0.786 bits per heavy atom. The minimum atomic E-state index is -4.70. The predicted octanol–water partition coefficient (Wildman–Crippen LogP) is 4.27. The summed E-state index contributed by atoms with van der Waals surface area (Å²) in [6.07, 6.45) is 9.79. The average Bonchev–Trinajstić information content (AvgIpc) is 2.63.